The van der Waals surface area contributed by atoms with E-state index in [0.717, 1.165) is 67.8 Å². The van der Waals surface area contributed by atoms with Gasteiger partial charge >= 0.3 is 33.3 Å². The first-order chi connectivity index (χ1) is 32.5. The number of rotatable bonds is 42. The summed E-state index contributed by atoms with van der Waals surface area (Å²) in [5, 5.41) is 20.9. The molecule has 0 spiro atoms. The first-order valence-corrected chi connectivity index (χ1v) is 28.8. The number of aliphatic hydroxyl groups excluding tert-OH is 2. The van der Waals surface area contributed by atoms with Crippen molar-refractivity contribution in [1.29, 1.82) is 0 Å². The summed E-state index contributed by atoms with van der Waals surface area (Å²) < 4.78 is 56.8. The number of carbonyl (C=O) groups excluding carboxylic acids is 2. The van der Waals surface area contributed by atoms with Crippen LogP contribution in [0.4, 0.5) is 5.82 Å². The molecule has 396 valence electrons. The lowest BCUT2D eigenvalue weighted by Gasteiger charge is -2.21. The number of nitrogen functional groups attached to an aromatic ring is 1. The van der Waals surface area contributed by atoms with Crippen LogP contribution in [0, 0.1) is 11.8 Å². The molecule has 6 N–H and O–H groups in total. The van der Waals surface area contributed by atoms with E-state index in [1.807, 2.05) is 0 Å². The van der Waals surface area contributed by atoms with Crippen molar-refractivity contribution in [3.63, 3.8) is 0 Å². The van der Waals surface area contributed by atoms with Gasteiger partial charge in [0, 0.05) is 19.0 Å². The van der Waals surface area contributed by atoms with Gasteiger partial charge < -0.3 is 39.9 Å². The molecule has 2 heterocycles. The summed E-state index contributed by atoms with van der Waals surface area (Å²) in [7, 11) is -10.8. The van der Waals surface area contributed by atoms with E-state index in [2.05, 4.69) is 37.0 Å². The Morgan fingerprint density at radius 1 is 0.691 bits per heavy atom. The fraction of sp³-hybridized carbons (Fsp3) is 0.875. The van der Waals surface area contributed by atoms with Crippen LogP contribution in [0.5, 0.6) is 0 Å². The minimum Gasteiger partial charge on any atom is -0.462 e. The molecule has 5 unspecified atom stereocenters. The molecular weight excluding hydrogens is 920 g/mol. The molecule has 0 bridgehead atoms. The number of ether oxygens (including phenoxy) is 3. The first kappa shape index (κ1) is 61.9. The maximum Gasteiger partial charge on any atom is 0.481 e. The summed E-state index contributed by atoms with van der Waals surface area (Å²) >= 11 is 0. The summed E-state index contributed by atoms with van der Waals surface area (Å²) in [5.74, 6) is 0.338. The molecule has 18 nitrogen and oxygen atoms in total. The van der Waals surface area contributed by atoms with Crippen LogP contribution in [0.1, 0.15) is 214 Å². The predicted octanol–water partition coefficient (Wildman–Crippen LogP) is 10.4. The van der Waals surface area contributed by atoms with Crippen molar-refractivity contribution in [3.8, 4) is 0 Å². The van der Waals surface area contributed by atoms with Crippen molar-refractivity contribution in [2.45, 2.75) is 238 Å². The van der Waals surface area contributed by atoms with E-state index in [4.69, 9.17) is 29.0 Å². The van der Waals surface area contributed by atoms with E-state index in [1.165, 1.54) is 115 Å². The summed E-state index contributed by atoms with van der Waals surface area (Å²) in [6.45, 7) is 6.83. The van der Waals surface area contributed by atoms with Crippen LogP contribution in [0.2, 0.25) is 0 Å². The number of phosphoric ester groups is 2. The Balaban J connectivity index is 1.78. The van der Waals surface area contributed by atoms with Crippen LogP contribution in [0.15, 0.2) is 17.1 Å². The number of aromatic nitrogens is 2. The van der Waals surface area contributed by atoms with Gasteiger partial charge in [-0.05, 0) is 30.7 Å². The molecule has 1 fully saturated rings. The molecule has 20 heteroatoms. The standard InChI is InChI=1S/C48H89N3O15P2/c1-5-38(3)29-25-21-17-13-11-9-7-8-10-12-14-20-24-28-32-44(53)64-40(35-61-43(52)31-27-23-19-16-15-18-22-26-30-39(4)6-2)36-62-67(57,58)66-68(59,60)63-37-41-45(54)46(55)47(65-41)51-34-33-42(49)50-48(51)56/h33-34,38-41,45-47,54-55H,5-32,35-37H2,1-4H3,(H,57,58)(H,59,60)(H2,49,50,56)/t38?,39?,40-,41-,45+,46?,47-/m1/s1. The van der Waals surface area contributed by atoms with Gasteiger partial charge in [0.15, 0.2) is 12.3 Å². The van der Waals surface area contributed by atoms with Crippen molar-refractivity contribution < 1.29 is 66.3 Å². The lowest BCUT2D eigenvalue weighted by molar-refractivity contribution is -0.161. The van der Waals surface area contributed by atoms with Gasteiger partial charge in [-0.3, -0.25) is 23.2 Å². The van der Waals surface area contributed by atoms with Gasteiger partial charge in [0.1, 0.15) is 30.7 Å². The number of esters is 2. The molecule has 0 aromatic carbocycles. The van der Waals surface area contributed by atoms with Crippen LogP contribution in [0.3, 0.4) is 0 Å². The molecule has 1 aliphatic heterocycles. The third-order valence-electron chi connectivity index (χ3n) is 12.8. The SMILES string of the molecule is CCC(C)CCCCCCCCCCCCCCCCC(=O)O[C@H](COC(=O)CCCCCCCCCCC(C)CC)COP(=O)(O)OP(=O)(O)OC[C@H]1O[C@@H](n2ccc(N)nc2=O)C(O)[C@H]1O. The highest BCUT2D eigenvalue weighted by molar-refractivity contribution is 7.61. The summed E-state index contributed by atoms with van der Waals surface area (Å²) in [4.78, 5) is 61.9. The Hall–Kier alpha value is -2.24. The highest BCUT2D eigenvalue weighted by Gasteiger charge is 2.46. The summed E-state index contributed by atoms with van der Waals surface area (Å²) in [6.07, 6.45) is 23.3. The number of nitrogens with zero attached hydrogens (tertiary/aromatic N) is 2. The van der Waals surface area contributed by atoms with Crippen molar-refractivity contribution in [2.75, 3.05) is 25.6 Å². The van der Waals surface area contributed by atoms with Crippen molar-refractivity contribution >= 4 is 33.4 Å². The highest BCUT2D eigenvalue weighted by Crippen LogP contribution is 2.60. The molecule has 68 heavy (non-hydrogen) atoms. The number of anilines is 1. The first-order valence-electron chi connectivity index (χ1n) is 25.8. The van der Waals surface area contributed by atoms with E-state index in [0.29, 0.717) is 12.8 Å². The zero-order chi connectivity index (χ0) is 50.2. The minimum absolute atomic E-state index is 0.0566. The number of carbonyl (C=O) groups is 2. The number of nitrogens with two attached hydrogens (primary N) is 1. The molecular formula is C48H89N3O15P2. The number of unbranched alkanes of at least 4 members (excludes halogenated alkanes) is 20. The topological polar surface area (TPSA) is 265 Å². The Bertz CT molecular complexity index is 1670. The molecule has 0 radical (unpaired) electrons. The molecule has 1 aliphatic rings. The average molecular weight is 1010 g/mol. The lowest BCUT2D eigenvalue weighted by Crippen LogP contribution is -2.36. The van der Waals surface area contributed by atoms with Gasteiger partial charge in [0.05, 0.1) is 13.2 Å². The van der Waals surface area contributed by atoms with Gasteiger partial charge in [0.25, 0.3) is 0 Å². The highest BCUT2D eigenvalue weighted by atomic mass is 31.3. The average Bonchev–Trinajstić information content (AvgIpc) is 3.57. The quantitative estimate of drug-likeness (QED) is 0.0231. The maximum absolute atomic E-state index is 12.9. The molecule has 0 amide bonds. The smallest absolute Gasteiger partial charge is 0.462 e. The monoisotopic (exact) mass is 1010 g/mol. The molecule has 9 atom stereocenters. The van der Waals surface area contributed by atoms with Crippen molar-refractivity contribution in [2.24, 2.45) is 11.8 Å². The third-order valence-corrected chi connectivity index (χ3v) is 15.4. The Labute approximate surface area is 406 Å². The van der Waals surface area contributed by atoms with Gasteiger partial charge in [0.2, 0.25) is 0 Å². The zero-order valence-corrected chi connectivity index (χ0v) is 43.6. The fourth-order valence-corrected chi connectivity index (χ4v) is 10.1. The van der Waals surface area contributed by atoms with Crippen LogP contribution in [-0.2, 0) is 46.3 Å². The second kappa shape index (κ2) is 35.8. The van der Waals surface area contributed by atoms with Crippen LogP contribution < -0.4 is 11.4 Å². The van der Waals surface area contributed by atoms with Gasteiger partial charge in [-0.1, -0.05) is 182 Å². The Morgan fingerprint density at radius 3 is 1.60 bits per heavy atom. The van der Waals surface area contributed by atoms with Crippen molar-refractivity contribution in [3.05, 3.63) is 22.7 Å². The number of hydrogen-bond acceptors (Lipinski definition) is 15. The molecule has 1 aromatic rings. The van der Waals surface area contributed by atoms with Gasteiger partial charge in [-0.25, -0.2) is 13.9 Å². The summed E-state index contributed by atoms with van der Waals surface area (Å²) in [6, 6.07) is 1.25. The minimum atomic E-state index is -5.42. The molecule has 0 aliphatic carbocycles. The van der Waals surface area contributed by atoms with Crippen LogP contribution >= 0.6 is 15.6 Å². The Morgan fingerprint density at radius 2 is 1.13 bits per heavy atom. The van der Waals surface area contributed by atoms with E-state index >= 15 is 0 Å². The fourth-order valence-electron chi connectivity index (χ4n) is 7.97. The van der Waals surface area contributed by atoms with Gasteiger partial charge in [-0.2, -0.15) is 9.29 Å². The third kappa shape index (κ3) is 28.6. The second-order valence-corrected chi connectivity index (χ2v) is 21.9. The summed E-state index contributed by atoms with van der Waals surface area (Å²) in [5.41, 5.74) is 4.59. The van der Waals surface area contributed by atoms with Crippen molar-refractivity contribution in [1.82, 2.24) is 9.55 Å². The van der Waals surface area contributed by atoms with E-state index < -0.39 is 83.7 Å². The number of aliphatic hydroxyl groups is 2. The van der Waals surface area contributed by atoms with Crippen LogP contribution in [0.25, 0.3) is 0 Å². The zero-order valence-electron chi connectivity index (χ0n) is 41.8. The molecule has 0 saturated carbocycles. The molecule has 1 saturated heterocycles. The predicted molar refractivity (Wildman–Crippen MR) is 261 cm³/mol. The molecule has 2 rings (SSSR count). The Kier molecular flexibility index (Phi) is 32.6. The second-order valence-electron chi connectivity index (χ2n) is 18.9. The number of hydrogen-bond donors (Lipinski definition) is 5. The van der Waals surface area contributed by atoms with E-state index in [1.54, 1.807) is 0 Å². The van der Waals surface area contributed by atoms with Gasteiger partial charge in [-0.15, -0.1) is 0 Å². The van der Waals surface area contributed by atoms with E-state index in [-0.39, 0.29) is 18.7 Å². The largest absolute Gasteiger partial charge is 0.481 e. The van der Waals surface area contributed by atoms with E-state index in [9.17, 15) is 43.5 Å². The normalized spacial score (nSPS) is 20.4. The maximum atomic E-state index is 12.9. The number of phosphoric acid groups is 2. The lowest BCUT2D eigenvalue weighted by atomic mass is 9.99. The van der Waals surface area contributed by atoms with Crippen LogP contribution in [-0.4, -0.2) is 85.7 Å². The molecule has 1 aromatic heterocycles.